The molecule has 2 aromatic rings. The van der Waals surface area contributed by atoms with Crippen molar-refractivity contribution in [2.24, 2.45) is 7.05 Å². The van der Waals surface area contributed by atoms with Gasteiger partial charge >= 0.3 is 0 Å². The molecule has 6 nitrogen and oxygen atoms in total. The van der Waals surface area contributed by atoms with E-state index in [0.717, 1.165) is 24.5 Å². The minimum atomic E-state index is 0.700. The van der Waals surface area contributed by atoms with E-state index in [1.54, 1.807) is 17.3 Å². The summed E-state index contributed by atoms with van der Waals surface area (Å²) < 4.78 is 3.69. The van der Waals surface area contributed by atoms with Gasteiger partial charge in [0.05, 0.1) is 12.2 Å². The lowest BCUT2D eigenvalue weighted by atomic mass is 10.2. The van der Waals surface area contributed by atoms with E-state index in [0.29, 0.717) is 6.54 Å². The Bertz CT molecular complexity index is 470. The first-order chi connectivity index (χ1) is 8.22. The molecule has 0 aromatic carbocycles. The van der Waals surface area contributed by atoms with E-state index < -0.39 is 0 Å². The Morgan fingerprint density at radius 2 is 2.24 bits per heavy atom. The van der Waals surface area contributed by atoms with Crippen LogP contribution in [0.2, 0.25) is 0 Å². The quantitative estimate of drug-likeness (QED) is 0.844. The summed E-state index contributed by atoms with van der Waals surface area (Å²) in [6, 6.07) is 0. The average molecular weight is 234 g/mol. The van der Waals surface area contributed by atoms with Crippen LogP contribution in [-0.4, -0.2) is 31.1 Å². The molecule has 0 fully saturated rings. The van der Waals surface area contributed by atoms with Gasteiger partial charge in [-0.15, -0.1) is 0 Å². The Morgan fingerprint density at radius 3 is 2.88 bits per heavy atom. The normalized spacial score (nSPS) is 10.8. The molecule has 0 radical (unpaired) electrons. The van der Waals surface area contributed by atoms with Crippen LogP contribution in [0.4, 0.5) is 5.82 Å². The van der Waals surface area contributed by atoms with Crippen LogP contribution in [0.5, 0.6) is 0 Å². The Balaban J connectivity index is 2.25. The standard InChI is InChI=1S/C11H18N6/c1-4-5-13-11-10(9(2)15-16(11)3)6-17-8-12-7-14-17/h7-8,13H,4-6H2,1-3H3. The topological polar surface area (TPSA) is 60.6 Å². The van der Waals surface area contributed by atoms with Crippen LogP contribution >= 0.6 is 0 Å². The van der Waals surface area contributed by atoms with Gasteiger partial charge in [-0.2, -0.15) is 10.2 Å². The van der Waals surface area contributed by atoms with Gasteiger partial charge in [0, 0.05) is 19.2 Å². The second kappa shape index (κ2) is 4.99. The summed E-state index contributed by atoms with van der Waals surface area (Å²) >= 11 is 0. The molecule has 0 aliphatic carbocycles. The van der Waals surface area contributed by atoms with E-state index >= 15 is 0 Å². The van der Waals surface area contributed by atoms with Crippen molar-refractivity contribution in [3.8, 4) is 0 Å². The van der Waals surface area contributed by atoms with E-state index in [4.69, 9.17) is 0 Å². The van der Waals surface area contributed by atoms with Gasteiger partial charge in [-0.1, -0.05) is 6.92 Å². The number of aromatic nitrogens is 5. The van der Waals surface area contributed by atoms with Gasteiger partial charge in [0.15, 0.2) is 0 Å². The summed E-state index contributed by atoms with van der Waals surface area (Å²) in [5.74, 6) is 1.07. The minimum absolute atomic E-state index is 0.700. The maximum atomic E-state index is 4.44. The Hall–Kier alpha value is -1.85. The van der Waals surface area contributed by atoms with Crippen LogP contribution in [0.1, 0.15) is 24.6 Å². The van der Waals surface area contributed by atoms with Crippen molar-refractivity contribution in [1.82, 2.24) is 24.5 Å². The molecule has 0 unspecified atom stereocenters. The zero-order valence-corrected chi connectivity index (χ0v) is 10.5. The van der Waals surface area contributed by atoms with Gasteiger partial charge in [-0.25, -0.2) is 9.67 Å². The predicted octanol–water partition coefficient (Wildman–Crippen LogP) is 1.19. The lowest BCUT2D eigenvalue weighted by Crippen LogP contribution is -2.09. The molecule has 6 heteroatoms. The van der Waals surface area contributed by atoms with Gasteiger partial charge in [0.1, 0.15) is 18.5 Å². The number of rotatable bonds is 5. The van der Waals surface area contributed by atoms with Crippen molar-refractivity contribution >= 4 is 5.82 Å². The van der Waals surface area contributed by atoms with Crippen LogP contribution in [0.25, 0.3) is 0 Å². The van der Waals surface area contributed by atoms with Crippen molar-refractivity contribution in [2.45, 2.75) is 26.8 Å². The molecule has 0 aliphatic heterocycles. The minimum Gasteiger partial charge on any atom is -0.370 e. The third-order valence-corrected chi connectivity index (χ3v) is 2.68. The van der Waals surface area contributed by atoms with Crippen LogP contribution in [-0.2, 0) is 13.6 Å². The van der Waals surface area contributed by atoms with E-state index in [-0.39, 0.29) is 0 Å². The third-order valence-electron chi connectivity index (χ3n) is 2.68. The fourth-order valence-corrected chi connectivity index (χ4v) is 1.83. The summed E-state index contributed by atoms with van der Waals surface area (Å²) in [5.41, 5.74) is 2.20. The molecular weight excluding hydrogens is 216 g/mol. The van der Waals surface area contributed by atoms with Gasteiger partial charge in [0.2, 0.25) is 0 Å². The molecule has 17 heavy (non-hydrogen) atoms. The molecule has 0 bridgehead atoms. The highest BCUT2D eigenvalue weighted by atomic mass is 15.3. The summed E-state index contributed by atoms with van der Waals surface area (Å²) in [4.78, 5) is 3.95. The number of aryl methyl sites for hydroxylation is 2. The molecule has 2 rings (SSSR count). The Kier molecular flexibility index (Phi) is 3.41. The molecule has 0 saturated heterocycles. The van der Waals surface area contributed by atoms with Crippen LogP contribution in [0.15, 0.2) is 12.7 Å². The van der Waals surface area contributed by atoms with E-state index in [9.17, 15) is 0 Å². The zero-order chi connectivity index (χ0) is 12.3. The van der Waals surface area contributed by atoms with E-state index in [1.165, 1.54) is 5.56 Å². The number of anilines is 1. The molecule has 2 aromatic heterocycles. The number of nitrogens with one attached hydrogen (secondary N) is 1. The highest BCUT2D eigenvalue weighted by Gasteiger charge is 2.13. The van der Waals surface area contributed by atoms with Crippen molar-refractivity contribution < 1.29 is 0 Å². The number of hydrogen-bond donors (Lipinski definition) is 1. The highest BCUT2D eigenvalue weighted by molar-refractivity contribution is 5.47. The van der Waals surface area contributed by atoms with Crippen molar-refractivity contribution in [2.75, 3.05) is 11.9 Å². The van der Waals surface area contributed by atoms with Crippen LogP contribution in [0, 0.1) is 6.92 Å². The van der Waals surface area contributed by atoms with E-state index in [1.807, 2.05) is 18.7 Å². The Morgan fingerprint density at radius 1 is 1.41 bits per heavy atom. The van der Waals surface area contributed by atoms with E-state index in [2.05, 4.69) is 27.4 Å². The molecule has 0 atom stereocenters. The maximum absolute atomic E-state index is 4.44. The van der Waals surface area contributed by atoms with Crippen LogP contribution in [0.3, 0.4) is 0 Å². The molecule has 0 aliphatic rings. The third kappa shape index (κ3) is 2.46. The molecular formula is C11H18N6. The second-order valence-electron chi connectivity index (χ2n) is 4.06. The zero-order valence-electron chi connectivity index (χ0n) is 10.5. The smallest absolute Gasteiger partial charge is 0.137 e. The predicted molar refractivity (Wildman–Crippen MR) is 65.8 cm³/mol. The average Bonchev–Trinajstić information content (AvgIpc) is 2.88. The molecule has 92 valence electrons. The molecule has 0 amide bonds. The highest BCUT2D eigenvalue weighted by Crippen LogP contribution is 2.19. The van der Waals surface area contributed by atoms with Gasteiger partial charge < -0.3 is 5.32 Å². The first-order valence-corrected chi connectivity index (χ1v) is 5.81. The first kappa shape index (κ1) is 11.6. The molecule has 1 N–H and O–H groups in total. The SMILES string of the molecule is CCCNc1c(Cn2cncn2)c(C)nn1C. The lowest BCUT2D eigenvalue weighted by Gasteiger charge is -2.08. The van der Waals surface area contributed by atoms with Crippen molar-refractivity contribution in [3.05, 3.63) is 23.9 Å². The summed E-state index contributed by atoms with van der Waals surface area (Å²) in [5, 5.41) is 12.0. The maximum Gasteiger partial charge on any atom is 0.137 e. The monoisotopic (exact) mass is 234 g/mol. The fourth-order valence-electron chi connectivity index (χ4n) is 1.83. The molecule has 0 saturated carbocycles. The van der Waals surface area contributed by atoms with Crippen LogP contribution < -0.4 is 5.32 Å². The van der Waals surface area contributed by atoms with Crippen molar-refractivity contribution in [1.29, 1.82) is 0 Å². The fraction of sp³-hybridized carbons (Fsp3) is 0.545. The summed E-state index contributed by atoms with van der Waals surface area (Å²) in [6.07, 6.45) is 4.36. The van der Waals surface area contributed by atoms with Gasteiger partial charge in [-0.3, -0.25) is 4.68 Å². The largest absolute Gasteiger partial charge is 0.370 e. The first-order valence-electron chi connectivity index (χ1n) is 5.81. The number of hydrogen-bond acceptors (Lipinski definition) is 4. The summed E-state index contributed by atoms with van der Waals surface area (Å²) in [7, 11) is 1.95. The lowest BCUT2D eigenvalue weighted by molar-refractivity contribution is 0.682. The second-order valence-corrected chi connectivity index (χ2v) is 4.06. The number of nitrogens with zero attached hydrogens (tertiary/aromatic N) is 5. The van der Waals surface area contributed by atoms with Crippen molar-refractivity contribution in [3.63, 3.8) is 0 Å². The Labute approximate surface area is 101 Å². The molecule has 0 spiro atoms. The van der Waals surface area contributed by atoms with Gasteiger partial charge in [-0.05, 0) is 13.3 Å². The van der Waals surface area contributed by atoms with Gasteiger partial charge in [0.25, 0.3) is 0 Å². The molecule has 2 heterocycles. The summed E-state index contributed by atoms with van der Waals surface area (Å²) in [6.45, 7) is 5.81.